The highest BCUT2D eigenvalue weighted by Crippen LogP contribution is 2.35. The Morgan fingerprint density at radius 1 is 1.25 bits per heavy atom. The first-order valence-corrected chi connectivity index (χ1v) is 9.76. The van der Waals surface area contributed by atoms with Crippen LogP contribution in [0.4, 0.5) is 10.1 Å². The van der Waals surface area contributed by atoms with E-state index in [0.29, 0.717) is 28.8 Å². The first-order valence-electron chi connectivity index (χ1n) is 9.76. The van der Waals surface area contributed by atoms with Gasteiger partial charge in [0.15, 0.2) is 0 Å². The molecule has 0 amide bonds. The van der Waals surface area contributed by atoms with Gasteiger partial charge in [-0.2, -0.15) is 0 Å². The van der Waals surface area contributed by atoms with E-state index in [1.54, 1.807) is 21.3 Å². The topological polar surface area (TPSA) is 46.6 Å². The standard InChI is InChI=1S/C22H30FN3O2/c1-14-8-17(10-22(25-14)28-5)9-16-6-7-26(13-16)15(2)18-11-21(27-4)20(24-3)12-19(18)23/h8,10-12,15-16,24H,6-7,9,13H2,1-5H3. The second-order valence-corrected chi connectivity index (χ2v) is 7.51. The molecule has 5 nitrogen and oxygen atoms in total. The second-order valence-electron chi connectivity index (χ2n) is 7.51. The number of rotatable bonds is 7. The van der Waals surface area contributed by atoms with E-state index in [0.717, 1.165) is 31.6 Å². The molecule has 0 aliphatic carbocycles. The van der Waals surface area contributed by atoms with E-state index < -0.39 is 0 Å². The lowest BCUT2D eigenvalue weighted by molar-refractivity contribution is 0.247. The summed E-state index contributed by atoms with van der Waals surface area (Å²) >= 11 is 0. The van der Waals surface area contributed by atoms with Gasteiger partial charge in [-0.3, -0.25) is 4.90 Å². The molecule has 2 unspecified atom stereocenters. The average molecular weight is 387 g/mol. The van der Waals surface area contributed by atoms with Gasteiger partial charge in [-0.25, -0.2) is 9.37 Å². The third-order valence-electron chi connectivity index (χ3n) is 5.63. The molecule has 3 rings (SSSR count). The highest BCUT2D eigenvalue weighted by molar-refractivity contribution is 5.58. The van der Waals surface area contributed by atoms with Crippen LogP contribution in [-0.4, -0.2) is 44.2 Å². The molecule has 2 heterocycles. The maximum absolute atomic E-state index is 14.7. The summed E-state index contributed by atoms with van der Waals surface area (Å²) in [6, 6.07) is 7.47. The summed E-state index contributed by atoms with van der Waals surface area (Å²) in [6.07, 6.45) is 2.08. The van der Waals surface area contributed by atoms with Crippen LogP contribution in [0.15, 0.2) is 24.3 Å². The van der Waals surface area contributed by atoms with Crippen LogP contribution in [0.25, 0.3) is 0 Å². The number of nitrogens with one attached hydrogen (secondary N) is 1. The largest absolute Gasteiger partial charge is 0.495 e. The van der Waals surface area contributed by atoms with Crippen LogP contribution in [0, 0.1) is 18.7 Å². The van der Waals surface area contributed by atoms with Crippen molar-refractivity contribution in [2.45, 2.75) is 32.7 Å². The number of aromatic nitrogens is 1. The Morgan fingerprint density at radius 3 is 2.71 bits per heavy atom. The summed E-state index contributed by atoms with van der Waals surface area (Å²) < 4.78 is 25.4. The van der Waals surface area contributed by atoms with Gasteiger partial charge in [0.1, 0.15) is 11.6 Å². The summed E-state index contributed by atoms with van der Waals surface area (Å²) in [5.41, 5.74) is 3.56. The minimum absolute atomic E-state index is 0.00137. The van der Waals surface area contributed by atoms with E-state index in [1.807, 2.05) is 19.1 Å². The van der Waals surface area contributed by atoms with Crippen molar-refractivity contribution >= 4 is 5.69 Å². The number of anilines is 1. The molecule has 6 heteroatoms. The van der Waals surface area contributed by atoms with E-state index in [-0.39, 0.29) is 11.9 Å². The quantitative estimate of drug-likeness (QED) is 0.771. The number of benzene rings is 1. The Labute approximate surface area is 166 Å². The van der Waals surface area contributed by atoms with Gasteiger partial charge < -0.3 is 14.8 Å². The Bertz CT molecular complexity index is 828. The van der Waals surface area contributed by atoms with Gasteiger partial charge in [0.2, 0.25) is 5.88 Å². The summed E-state index contributed by atoms with van der Waals surface area (Å²) in [5.74, 6) is 1.67. The first kappa shape index (κ1) is 20.4. The summed E-state index contributed by atoms with van der Waals surface area (Å²) in [5, 5.41) is 2.98. The number of aryl methyl sites for hydroxylation is 1. The Kier molecular flexibility index (Phi) is 6.39. The van der Waals surface area contributed by atoms with Crippen molar-refractivity contribution in [3.8, 4) is 11.6 Å². The number of hydrogen-bond acceptors (Lipinski definition) is 5. The smallest absolute Gasteiger partial charge is 0.213 e. The second kappa shape index (κ2) is 8.78. The third kappa shape index (κ3) is 4.38. The minimum Gasteiger partial charge on any atom is -0.495 e. The zero-order chi connectivity index (χ0) is 20.3. The van der Waals surface area contributed by atoms with Crippen molar-refractivity contribution in [1.82, 2.24) is 9.88 Å². The maximum atomic E-state index is 14.7. The fourth-order valence-electron chi connectivity index (χ4n) is 4.09. The fourth-order valence-corrected chi connectivity index (χ4v) is 4.09. The Morgan fingerprint density at radius 2 is 2.04 bits per heavy atom. The van der Waals surface area contributed by atoms with Crippen molar-refractivity contribution in [3.05, 3.63) is 46.9 Å². The van der Waals surface area contributed by atoms with E-state index in [9.17, 15) is 4.39 Å². The van der Waals surface area contributed by atoms with Crippen LogP contribution >= 0.6 is 0 Å². The highest BCUT2D eigenvalue weighted by atomic mass is 19.1. The van der Waals surface area contributed by atoms with Crippen molar-refractivity contribution < 1.29 is 13.9 Å². The van der Waals surface area contributed by atoms with Crippen molar-refractivity contribution in [3.63, 3.8) is 0 Å². The number of nitrogens with zero attached hydrogens (tertiary/aromatic N) is 2. The van der Waals surface area contributed by atoms with Gasteiger partial charge in [-0.15, -0.1) is 0 Å². The average Bonchev–Trinajstić information content (AvgIpc) is 3.15. The third-order valence-corrected chi connectivity index (χ3v) is 5.63. The van der Waals surface area contributed by atoms with Crippen LogP contribution in [0.5, 0.6) is 11.6 Å². The van der Waals surface area contributed by atoms with Crippen LogP contribution in [0.2, 0.25) is 0 Å². The molecule has 1 aromatic heterocycles. The molecule has 1 aromatic carbocycles. The summed E-state index contributed by atoms with van der Waals surface area (Å²) in [4.78, 5) is 6.71. The van der Waals surface area contributed by atoms with Gasteiger partial charge in [-0.1, -0.05) is 0 Å². The molecule has 1 N–H and O–H groups in total. The normalized spacial score (nSPS) is 18.1. The molecular weight excluding hydrogens is 357 g/mol. The molecule has 2 aromatic rings. The number of pyridine rings is 1. The zero-order valence-electron chi connectivity index (χ0n) is 17.4. The van der Waals surface area contributed by atoms with Gasteiger partial charge in [-0.05, 0) is 56.8 Å². The molecule has 1 fully saturated rings. The highest BCUT2D eigenvalue weighted by Gasteiger charge is 2.29. The van der Waals surface area contributed by atoms with E-state index >= 15 is 0 Å². The molecule has 1 aliphatic rings. The summed E-state index contributed by atoms with van der Waals surface area (Å²) in [7, 11) is 5.02. The number of hydrogen-bond donors (Lipinski definition) is 1. The number of halogens is 1. The number of methoxy groups -OCH3 is 2. The van der Waals surface area contributed by atoms with Crippen molar-refractivity contribution in [2.24, 2.45) is 5.92 Å². The van der Waals surface area contributed by atoms with Crippen molar-refractivity contribution in [2.75, 3.05) is 39.7 Å². The SMILES string of the molecule is CNc1cc(F)c(C(C)N2CCC(Cc3cc(C)nc(OC)c3)C2)cc1OC. The van der Waals surface area contributed by atoms with Crippen LogP contribution in [0.3, 0.4) is 0 Å². The molecule has 0 spiro atoms. The van der Waals surface area contributed by atoms with Crippen LogP contribution in [-0.2, 0) is 6.42 Å². The van der Waals surface area contributed by atoms with Gasteiger partial charge in [0.05, 0.1) is 19.9 Å². The lowest BCUT2D eigenvalue weighted by Crippen LogP contribution is -2.25. The zero-order valence-corrected chi connectivity index (χ0v) is 17.4. The molecule has 152 valence electrons. The van der Waals surface area contributed by atoms with Crippen molar-refractivity contribution in [1.29, 1.82) is 0 Å². The molecule has 2 atom stereocenters. The lowest BCUT2D eigenvalue weighted by atomic mass is 9.98. The molecule has 28 heavy (non-hydrogen) atoms. The van der Waals surface area contributed by atoms with E-state index in [1.165, 1.54) is 11.6 Å². The lowest BCUT2D eigenvalue weighted by Gasteiger charge is -2.26. The van der Waals surface area contributed by atoms with Gasteiger partial charge in [0, 0.05) is 43.0 Å². The maximum Gasteiger partial charge on any atom is 0.213 e. The van der Waals surface area contributed by atoms with Crippen LogP contribution in [0.1, 0.15) is 36.2 Å². The monoisotopic (exact) mass is 387 g/mol. The fraction of sp³-hybridized carbons (Fsp3) is 0.500. The number of likely N-dealkylation sites (tertiary alicyclic amines) is 1. The Hall–Kier alpha value is -2.34. The van der Waals surface area contributed by atoms with Gasteiger partial charge >= 0.3 is 0 Å². The molecule has 0 radical (unpaired) electrons. The molecule has 0 saturated carbocycles. The summed E-state index contributed by atoms with van der Waals surface area (Å²) in [6.45, 7) is 5.96. The molecule has 1 saturated heterocycles. The Balaban J connectivity index is 1.71. The van der Waals surface area contributed by atoms with Crippen LogP contribution < -0.4 is 14.8 Å². The van der Waals surface area contributed by atoms with Gasteiger partial charge in [0.25, 0.3) is 0 Å². The molecule has 1 aliphatic heterocycles. The minimum atomic E-state index is -0.199. The predicted molar refractivity (Wildman–Crippen MR) is 110 cm³/mol. The first-order chi connectivity index (χ1) is 13.4. The molecule has 0 bridgehead atoms. The predicted octanol–water partition coefficient (Wildman–Crippen LogP) is 4.21. The number of ether oxygens (including phenoxy) is 2. The molecular formula is C22H30FN3O2. The van der Waals surface area contributed by atoms with E-state index in [2.05, 4.69) is 28.2 Å². The van der Waals surface area contributed by atoms with E-state index in [4.69, 9.17) is 9.47 Å².